The molecular formula is C20H27ClN2O4. The lowest BCUT2D eigenvalue weighted by molar-refractivity contribution is -0.143. The number of benzene rings is 1. The van der Waals surface area contributed by atoms with Crippen molar-refractivity contribution in [2.24, 2.45) is 0 Å². The van der Waals surface area contributed by atoms with Crippen LogP contribution in [0.3, 0.4) is 0 Å². The van der Waals surface area contributed by atoms with Crippen LogP contribution in [0.5, 0.6) is 5.75 Å². The number of carbonyl (C=O) groups is 2. The van der Waals surface area contributed by atoms with Gasteiger partial charge in [0.05, 0.1) is 24.3 Å². The van der Waals surface area contributed by atoms with Gasteiger partial charge >= 0.3 is 12.0 Å². The van der Waals surface area contributed by atoms with Crippen molar-refractivity contribution >= 4 is 23.6 Å². The van der Waals surface area contributed by atoms with Gasteiger partial charge in [-0.05, 0) is 44.9 Å². The molecule has 0 fully saturated rings. The minimum Gasteiger partial charge on any atom is -0.493 e. The van der Waals surface area contributed by atoms with Gasteiger partial charge in [-0.3, -0.25) is 0 Å². The number of amides is 2. The molecule has 1 aromatic rings. The molecular weight excluding hydrogens is 368 g/mol. The molecule has 0 saturated carbocycles. The summed E-state index contributed by atoms with van der Waals surface area (Å²) < 4.78 is 11.3. The SMILES string of the molecule is CCCOc1ccc(Cl)cc1C1NC(=O)NC(CCC)=C1C(=O)OC(C)C. The summed E-state index contributed by atoms with van der Waals surface area (Å²) in [6.07, 6.45) is 1.88. The van der Waals surface area contributed by atoms with Crippen LogP contribution in [0.1, 0.15) is 58.6 Å². The van der Waals surface area contributed by atoms with Gasteiger partial charge in [0, 0.05) is 16.3 Å². The van der Waals surface area contributed by atoms with Crippen molar-refractivity contribution < 1.29 is 19.1 Å². The molecule has 6 nitrogen and oxygen atoms in total. The lowest BCUT2D eigenvalue weighted by Gasteiger charge is -2.31. The highest BCUT2D eigenvalue weighted by Crippen LogP contribution is 2.36. The highest BCUT2D eigenvalue weighted by Gasteiger charge is 2.35. The van der Waals surface area contributed by atoms with Crippen LogP contribution in [0.2, 0.25) is 5.02 Å². The Morgan fingerprint density at radius 2 is 2.00 bits per heavy atom. The molecule has 7 heteroatoms. The number of hydrogen-bond acceptors (Lipinski definition) is 4. The van der Waals surface area contributed by atoms with Gasteiger partial charge in [-0.1, -0.05) is 31.9 Å². The van der Waals surface area contributed by atoms with E-state index in [4.69, 9.17) is 21.1 Å². The minimum absolute atomic E-state index is 0.277. The summed E-state index contributed by atoms with van der Waals surface area (Å²) in [5, 5.41) is 6.07. The van der Waals surface area contributed by atoms with Crippen LogP contribution < -0.4 is 15.4 Å². The summed E-state index contributed by atoms with van der Waals surface area (Å²) in [5.41, 5.74) is 1.59. The zero-order valence-electron chi connectivity index (χ0n) is 16.2. The summed E-state index contributed by atoms with van der Waals surface area (Å²) in [7, 11) is 0. The van der Waals surface area contributed by atoms with Crippen molar-refractivity contribution in [3.63, 3.8) is 0 Å². The van der Waals surface area contributed by atoms with E-state index in [1.165, 1.54) is 0 Å². The van der Waals surface area contributed by atoms with Crippen LogP contribution in [-0.4, -0.2) is 24.7 Å². The molecule has 0 saturated heterocycles. The smallest absolute Gasteiger partial charge is 0.338 e. The third-order valence-electron chi connectivity index (χ3n) is 3.96. The molecule has 0 aliphatic carbocycles. The predicted octanol–water partition coefficient (Wildman–Crippen LogP) is 4.49. The van der Waals surface area contributed by atoms with E-state index >= 15 is 0 Å². The normalized spacial score (nSPS) is 16.8. The van der Waals surface area contributed by atoms with Crippen LogP contribution >= 0.6 is 11.6 Å². The summed E-state index contributed by atoms with van der Waals surface area (Å²) in [6, 6.07) is 4.13. The second-order valence-electron chi connectivity index (χ2n) is 6.66. The average molecular weight is 395 g/mol. The molecule has 2 amide bonds. The molecule has 1 aromatic carbocycles. The maximum atomic E-state index is 12.8. The Morgan fingerprint density at radius 3 is 2.63 bits per heavy atom. The van der Waals surface area contributed by atoms with E-state index in [-0.39, 0.29) is 12.1 Å². The Morgan fingerprint density at radius 1 is 1.26 bits per heavy atom. The van der Waals surface area contributed by atoms with Gasteiger partial charge < -0.3 is 20.1 Å². The van der Waals surface area contributed by atoms with Crippen molar-refractivity contribution in [2.75, 3.05) is 6.61 Å². The molecule has 1 heterocycles. The number of ether oxygens (including phenoxy) is 2. The van der Waals surface area contributed by atoms with Crippen LogP contribution in [-0.2, 0) is 9.53 Å². The number of halogens is 1. The predicted molar refractivity (Wildman–Crippen MR) is 105 cm³/mol. The molecule has 1 atom stereocenters. The van der Waals surface area contributed by atoms with Crippen molar-refractivity contribution in [1.29, 1.82) is 0 Å². The molecule has 0 bridgehead atoms. The van der Waals surface area contributed by atoms with E-state index in [0.29, 0.717) is 40.6 Å². The molecule has 1 aliphatic rings. The van der Waals surface area contributed by atoms with Crippen LogP contribution in [0, 0.1) is 0 Å². The number of nitrogens with one attached hydrogen (secondary N) is 2. The molecule has 1 aliphatic heterocycles. The topological polar surface area (TPSA) is 76.7 Å². The number of rotatable bonds is 8. The molecule has 0 aromatic heterocycles. The Kier molecular flexibility index (Phi) is 7.54. The van der Waals surface area contributed by atoms with Crippen molar-refractivity contribution in [2.45, 2.75) is 59.1 Å². The summed E-state index contributed by atoms with van der Waals surface area (Å²) in [5.74, 6) is 0.117. The Labute approximate surface area is 165 Å². The monoisotopic (exact) mass is 394 g/mol. The van der Waals surface area contributed by atoms with E-state index in [1.54, 1.807) is 32.0 Å². The Balaban J connectivity index is 2.57. The fourth-order valence-corrected chi connectivity index (χ4v) is 3.09. The number of esters is 1. The molecule has 2 rings (SSSR count). The number of urea groups is 1. The van der Waals surface area contributed by atoms with Gasteiger partial charge in [-0.2, -0.15) is 0 Å². The van der Waals surface area contributed by atoms with Gasteiger partial charge in [0.1, 0.15) is 5.75 Å². The van der Waals surface area contributed by atoms with Gasteiger partial charge in [-0.25, -0.2) is 9.59 Å². The third-order valence-corrected chi connectivity index (χ3v) is 4.20. The lowest BCUT2D eigenvalue weighted by atomic mass is 9.93. The Hall–Kier alpha value is -2.21. The van der Waals surface area contributed by atoms with E-state index in [9.17, 15) is 9.59 Å². The summed E-state index contributed by atoms with van der Waals surface area (Å²) >= 11 is 6.20. The number of allylic oxidation sites excluding steroid dienone is 1. The quantitative estimate of drug-likeness (QED) is 0.637. The molecule has 148 valence electrons. The largest absolute Gasteiger partial charge is 0.493 e. The fraction of sp³-hybridized carbons (Fsp3) is 0.500. The standard InChI is InChI=1S/C20H27ClN2O4/c1-5-7-15-17(19(24)27-12(3)4)18(23-20(25)22-15)14-11-13(21)8-9-16(14)26-10-6-2/h8-9,11-12,18H,5-7,10H2,1-4H3,(H2,22,23,25). The maximum absolute atomic E-state index is 12.8. The minimum atomic E-state index is -0.697. The van der Waals surface area contributed by atoms with Crippen molar-refractivity contribution in [3.8, 4) is 5.75 Å². The Bertz CT molecular complexity index is 731. The molecule has 27 heavy (non-hydrogen) atoms. The second-order valence-corrected chi connectivity index (χ2v) is 7.09. The lowest BCUT2D eigenvalue weighted by Crippen LogP contribution is -2.46. The van der Waals surface area contributed by atoms with E-state index in [2.05, 4.69) is 10.6 Å². The molecule has 0 spiro atoms. The van der Waals surface area contributed by atoms with Crippen LogP contribution in [0.15, 0.2) is 29.5 Å². The average Bonchev–Trinajstić information content (AvgIpc) is 2.59. The van der Waals surface area contributed by atoms with Crippen molar-refractivity contribution in [3.05, 3.63) is 40.1 Å². The second kappa shape index (κ2) is 9.65. The maximum Gasteiger partial charge on any atom is 0.338 e. The first kappa shape index (κ1) is 21.1. The molecule has 0 radical (unpaired) electrons. The van der Waals surface area contributed by atoms with E-state index in [1.807, 2.05) is 13.8 Å². The first-order valence-corrected chi connectivity index (χ1v) is 9.68. The van der Waals surface area contributed by atoms with E-state index in [0.717, 1.165) is 12.8 Å². The summed E-state index contributed by atoms with van der Waals surface area (Å²) in [6.45, 7) is 8.09. The zero-order valence-corrected chi connectivity index (χ0v) is 17.0. The van der Waals surface area contributed by atoms with Gasteiger partial charge in [0.2, 0.25) is 0 Å². The van der Waals surface area contributed by atoms with Crippen molar-refractivity contribution in [1.82, 2.24) is 10.6 Å². The fourth-order valence-electron chi connectivity index (χ4n) is 2.91. The van der Waals surface area contributed by atoms with Crippen LogP contribution in [0.4, 0.5) is 4.79 Å². The molecule has 2 N–H and O–H groups in total. The highest BCUT2D eigenvalue weighted by molar-refractivity contribution is 6.30. The summed E-state index contributed by atoms with van der Waals surface area (Å²) in [4.78, 5) is 25.1. The van der Waals surface area contributed by atoms with E-state index < -0.39 is 12.0 Å². The zero-order chi connectivity index (χ0) is 20.0. The number of hydrogen-bond donors (Lipinski definition) is 2. The van der Waals surface area contributed by atoms with Crippen LogP contribution in [0.25, 0.3) is 0 Å². The number of carbonyl (C=O) groups excluding carboxylic acids is 2. The van der Waals surface area contributed by atoms with Gasteiger partial charge in [0.15, 0.2) is 0 Å². The highest BCUT2D eigenvalue weighted by atomic mass is 35.5. The first-order valence-electron chi connectivity index (χ1n) is 9.31. The van der Waals surface area contributed by atoms with Gasteiger partial charge in [0.25, 0.3) is 0 Å². The van der Waals surface area contributed by atoms with Gasteiger partial charge in [-0.15, -0.1) is 0 Å². The first-order chi connectivity index (χ1) is 12.9. The molecule has 1 unspecified atom stereocenters. The third kappa shape index (κ3) is 5.39.